The SMILES string of the molecule is CCN(CCNC(=O)C1CCCN1Cc1ccccc1)C(=O)OC(C)(C)C. The van der Waals surface area contributed by atoms with Gasteiger partial charge in [-0.1, -0.05) is 30.3 Å². The Kier molecular flexibility index (Phi) is 7.66. The van der Waals surface area contributed by atoms with Crippen LogP contribution in [-0.2, 0) is 16.1 Å². The van der Waals surface area contributed by atoms with Crippen LogP contribution in [-0.4, -0.2) is 59.6 Å². The fourth-order valence-corrected chi connectivity index (χ4v) is 3.27. The summed E-state index contributed by atoms with van der Waals surface area (Å²) in [7, 11) is 0. The molecular weight excluding hydrogens is 342 g/mol. The minimum atomic E-state index is -0.518. The maximum absolute atomic E-state index is 12.6. The van der Waals surface area contributed by atoms with Crippen molar-refractivity contribution >= 4 is 12.0 Å². The van der Waals surface area contributed by atoms with Gasteiger partial charge in [-0.2, -0.15) is 0 Å². The summed E-state index contributed by atoms with van der Waals surface area (Å²) < 4.78 is 5.40. The van der Waals surface area contributed by atoms with Crippen LogP contribution in [0.15, 0.2) is 30.3 Å². The zero-order valence-corrected chi connectivity index (χ0v) is 17.0. The van der Waals surface area contributed by atoms with Gasteiger partial charge in [-0.05, 0) is 52.6 Å². The lowest BCUT2D eigenvalue weighted by atomic mass is 10.1. The van der Waals surface area contributed by atoms with E-state index in [1.54, 1.807) is 4.90 Å². The molecule has 1 unspecified atom stereocenters. The molecule has 1 aliphatic heterocycles. The summed E-state index contributed by atoms with van der Waals surface area (Å²) in [5, 5.41) is 2.99. The fraction of sp³-hybridized carbons (Fsp3) is 0.619. The van der Waals surface area contributed by atoms with Crippen molar-refractivity contribution in [1.29, 1.82) is 0 Å². The number of nitrogens with one attached hydrogen (secondary N) is 1. The molecule has 1 fully saturated rings. The third-order valence-electron chi connectivity index (χ3n) is 4.61. The van der Waals surface area contributed by atoms with Crippen LogP contribution in [0.3, 0.4) is 0 Å². The molecule has 0 saturated carbocycles. The molecule has 0 aliphatic carbocycles. The average molecular weight is 376 g/mol. The second-order valence-electron chi connectivity index (χ2n) is 7.97. The van der Waals surface area contributed by atoms with Gasteiger partial charge in [0.05, 0.1) is 6.04 Å². The van der Waals surface area contributed by atoms with Gasteiger partial charge < -0.3 is 15.0 Å². The van der Waals surface area contributed by atoms with E-state index in [1.165, 1.54) is 5.56 Å². The van der Waals surface area contributed by atoms with Crippen LogP contribution in [0, 0.1) is 0 Å². The first-order valence-corrected chi connectivity index (χ1v) is 9.84. The summed E-state index contributed by atoms with van der Waals surface area (Å²) in [5.41, 5.74) is 0.703. The molecule has 1 heterocycles. The Morgan fingerprint density at radius 1 is 1.26 bits per heavy atom. The lowest BCUT2D eigenvalue weighted by Crippen LogP contribution is -2.46. The number of hydrogen-bond donors (Lipinski definition) is 1. The minimum Gasteiger partial charge on any atom is -0.444 e. The van der Waals surface area contributed by atoms with Crippen LogP contribution < -0.4 is 5.32 Å². The van der Waals surface area contributed by atoms with Crippen LogP contribution in [0.1, 0.15) is 46.1 Å². The van der Waals surface area contributed by atoms with Gasteiger partial charge in [-0.15, -0.1) is 0 Å². The molecule has 1 atom stereocenters. The smallest absolute Gasteiger partial charge is 0.410 e. The first kappa shape index (κ1) is 21.2. The number of carbonyl (C=O) groups is 2. The van der Waals surface area contributed by atoms with E-state index in [9.17, 15) is 9.59 Å². The maximum Gasteiger partial charge on any atom is 0.410 e. The van der Waals surface area contributed by atoms with Gasteiger partial charge in [0.2, 0.25) is 5.91 Å². The first-order chi connectivity index (χ1) is 12.8. The van der Waals surface area contributed by atoms with E-state index in [1.807, 2.05) is 45.9 Å². The van der Waals surface area contributed by atoms with Crippen molar-refractivity contribution in [2.24, 2.45) is 0 Å². The molecule has 2 rings (SSSR count). The molecule has 1 N–H and O–H groups in total. The van der Waals surface area contributed by atoms with Crippen molar-refractivity contribution in [3.05, 3.63) is 35.9 Å². The van der Waals surface area contributed by atoms with E-state index >= 15 is 0 Å². The summed E-state index contributed by atoms with van der Waals surface area (Å²) >= 11 is 0. The fourth-order valence-electron chi connectivity index (χ4n) is 3.27. The quantitative estimate of drug-likeness (QED) is 0.796. The lowest BCUT2D eigenvalue weighted by molar-refractivity contribution is -0.125. The van der Waals surface area contributed by atoms with Gasteiger partial charge in [0.1, 0.15) is 5.60 Å². The van der Waals surface area contributed by atoms with Gasteiger partial charge in [-0.25, -0.2) is 4.79 Å². The number of ether oxygens (including phenoxy) is 1. The molecule has 1 saturated heterocycles. The van der Waals surface area contributed by atoms with Crippen LogP contribution in [0.5, 0.6) is 0 Å². The number of likely N-dealkylation sites (N-methyl/N-ethyl adjacent to an activating group) is 1. The standard InChI is InChI=1S/C21H33N3O3/c1-5-23(20(26)27-21(2,3)4)15-13-22-19(25)18-12-9-14-24(18)16-17-10-7-6-8-11-17/h6-8,10-11,18H,5,9,12-16H2,1-4H3,(H,22,25). The van der Waals surface area contributed by atoms with E-state index in [-0.39, 0.29) is 18.0 Å². The number of rotatable bonds is 7. The summed E-state index contributed by atoms with van der Waals surface area (Å²) in [5.74, 6) is 0.0451. The zero-order valence-electron chi connectivity index (χ0n) is 17.0. The normalized spacial score (nSPS) is 17.6. The summed E-state index contributed by atoms with van der Waals surface area (Å²) in [6, 6.07) is 10.1. The predicted molar refractivity (Wildman–Crippen MR) is 106 cm³/mol. The van der Waals surface area contributed by atoms with Crippen molar-refractivity contribution in [3.63, 3.8) is 0 Å². The second kappa shape index (κ2) is 9.74. The molecule has 27 heavy (non-hydrogen) atoms. The lowest BCUT2D eigenvalue weighted by Gasteiger charge is -2.27. The number of likely N-dealkylation sites (tertiary alicyclic amines) is 1. The number of nitrogens with zero attached hydrogens (tertiary/aromatic N) is 2. The number of carbonyl (C=O) groups excluding carboxylic acids is 2. The van der Waals surface area contributed by atoms with Gasteiger partial charge >= 0.3 is 6.09 Å². The monoisotopic (exact) mass is 375 g/mol. The molecule has 6 heteroatoms. The van der Waals surface area contributed by atoms with Crippen molar-refractivity contribution in [3.8, 4) is 0 Å². The molecule has 6 nitrogen and oxygen atoms in total. The van der Waals surface area contributed by atoms with Crippen LogP contribution in [0.25, 0.3) is 0 Å². The van der Waals surface area contributed by atoms with E-state index in [2.05, 4.69) is 22.3 Å². The second-order valence-corrected chi connectivity index (χ2v) is 7.97. The molecule has 0 aromatic heterocycles. The molecule has 1 aromatic carbocycles. The highest BCUT2D eigenvalue weighted by molar-refractivity contribution is 5.82. The van der Waals surface area contributed by atoms with Crippen molar-refractivity contribution < 1.29 is 14.3 Å². The third-order valence-corrected chi connectivity index (χ3v) is 4.61. The summed E-state index contributed by atoms with van der Waals surface area (Å²) in [4.78, 5) is 28.6. The zero-order chi connectivity index (χ0) is 19.9. The Labute approximate surface area is 162 Å². The van der Waals surface area contributed by atoms with Crippen molar-refractivity contribution in [1.82, 2.24) is 15.1 Å². The molecule has 0 radical (unpaired) electrons. The number of amides is 2. The van der Waals surface area contributed by atoms with Gasteiger partial charge in [0.15, 0.2) is 0 Å². The van der Waals surface area contributed by atoms with Gasteiger partial charge in [0, 0.05) is 26.2 Å². The van der Waals surface area contributed by atoms with Crippen LogP contribution in [0.4, 0.5) is 4.79 Å². The van der Waals surface area contributed by atoms with E-state index in [0.29, 0.717) is 19.6 Å². The van der Waals surface area contributed by atoms with E-state index in [4.69, 9.17) is 4.74 Å². The molecule has 0 spiro atoms. The van der Waals surface area contributed by atoms with E-state index < -0.39 is 5.60 Å². The van der Waals surface area contributed by atoms with Crippen molar-refractivity contribution in [2.45, 2.75) is 58.7 Å². The van der Waals surface area contributed by atoms with Gasteiger partial charge in [0.25, 0.3) is 0 Å². The maximum atomic E-state index is 12.6. The third kappa shape index (κ3) is 6.86. The number of benzene rings is 1. The molecular formula is C21H33N3O3. The highest BCUT2D eigenvalue weighted by Crippen LogP contribution is 2.20. The van der Waals surface area contributed by atoms with Crippen LogP contribution in [0.2, 0.25) is 0 Å². The van der Waals surface area contributed by atoms with Crippen molar-refractivity contribution in [2.75, 3.05) is 26.2 Å². The summed E-state index contributed by atoms with van der Waals surface area (Å²) in [6.45, 7) is 10.6. The van der Waals surface area contributed by atoms with Gasteiger partial charge in [-0.3, -0.25) is 9.69 Å². The number of hydrogen-bond acceptors (Lipinski definition) is 4. The Balaban J connectivity index is 1.81. The highest BCUT2D eigenvalue weighted by atomic mass is 16.6. The molecule has 1 aromatic rings. The molecule has 2 amide bonds. The van der Waals surface area contributed by atoms with Crippen LogP contribution >= 0.6 is 0 Å². The van der Waals surface area contributed by atoms with E-state index in [0.717, 1.165) is 25.9 Å². The average Bonchev–Trinajstić information content (AvgIpc) is 3.06. The minimum absolute atomic E-state index is 0.0451. The Hall–Kier alpha value is -2.08. The topological polar surface area (TPSA) is 61.9 Å². The molecule has 1 aliphatic rings. The molecule has 150 valence electrons. The molecule has 0 bridgehead atoms. The highest BCUT2D eigenvalue weighted by Gasteiger charge is 2.30. The largest absolute Gasteiger partial charge is 0.444 e. The Morgan fingerprint density at radius 3 is 2.59 bits per heavy atom. The Bertz CT molecular complexity index is 613. The Morgan fingerprint density at radius 2 is 1.96 bits per heavy atom. The first-order valence-electron chi connectivity index (χ1n) is 9.84. The summed E-state index contributed by atoms with van der Waals surface area (Å²) in [6.07, 6.45) is 1.57. The predicted octanol–water partition coefficient (Wildman–Crippen LogP) is 3.02.